The van der Waals surface area contributed by atoms with Gasteiger partial charge >= 0.3 is 0 Å². The first-order valence-electron chi connectivity index (χ1n) is 6.16. The molecule has 3 N–H and O–H groups in total. The van der Waals surface area contributed by atoms with Crippen LogP contribution in [0.3, 0.4) is 0 Å². The standard InChI is InChI=1S/C14H15N3O2S2/c1-21(18,19)11-7-5-10(6-8-11)9-16-13-4-2-3-12(17-13)14(15)20/h2-8H,9H2,1H3,(H2,15,20)(H,16,17). The van der Waals surface area contributed by atoms with E-state index in [9.17, 15) is 8.42 Å². The number of aromatic nitrogens is 1. The van der Waals surface area contributed by atoms with Gasteiger partial charge in [-0.1, -0.05) is 30.4 Å². The highest BCUT2D eigenvalue weighted by Crippen LogP contribution is 2.12. The molecule has 1 aromatic heterocycles. The Balaban J connectivity index is 2.06. The molecular formula is C14H15N3O2S2. The molecule has 0 atom stereocenters. The lowest BCUT2D eigenvalue weighted by Gasteiger charge is -2.07. The number of benzene rings is 1. The number of nitrogens with zero attached hydrogens (tertiary/aromatic N) is 1. The summed E-state index contributed by atoms with van der Waals surface area (Å²) in [6, 6.07) is 12.1. The minimum Gasteiger partial charge on any atom is -0.388 e. The average Bonchev–Trinajstić information content (AvgIpc) is 2.45. The number of nitrogens with two attached hydrogens (primary N) is 1. The Morgan fingerprint density at radius 1 is 1.24 bits per heavy atom. The molecule has 21 heavy (non-hydrogen) atoms. The van der Waals surface area contributed by atoms with Crippen LogP contribution in [0.4, 0.5) is 5.82 Å². The zero-order chi connectivity index (χ0) is 15.5. The lowest BCUT2D eigenvalue weighted by molar-refractivity contribution is 0.602. The third kappa shape index (κ3) is 4.24. The van der Waals surface area contributed by atoms with Crippen molar-refractivity contribution >= 4 is 32.9 Å². The van der Waals surface area contributed by atoms with Gasteiger partial charge in [-0.15, -0.1) is 0 Å². The highest BCUT2D eigenvalue weighted by molar-refractivity contribution is 7.90. The molecular weight excluding hydrogens is 306 g/mol. The smallest absolute Gasteiger partial charge is 0.175 e. The van der Waals surface area contributed by atoms with Crippen LogP contribution in [-0.2, 0) is 16.4 Å². The topological polar surface area (TPSA) is 85.1 Å². The molecule has 0 aliphatic rings. The monoisotopic (exact) mass is 321 g/mol. The van der Waals surface area contributed by atoms with Crippen LogP contribution in [0.5, 0.6) is 0 Å². The molecule has 0 saturated heterocycles. The Morgan fingerprint density at radius 3 is 2.48 bits per heavy atom. The van der Waals surface area contributed by atoms with Crippen molar-refractivity contribution in [1.29, 1.82) is 0 Å². The zero-order valence-corrected chi connectivity index (χ0v) is 13.0. The Labute approximate surface area is 129 Å². The normalized spacial score (nSPS) is 11.1. The Hall–Kier alpha value is -1.99. The van der Waals surface area contributed by atoms with Crippen molar-refractivity contribution in [3.8, 4) is 0 Å². The van der Waals surface area contributed by atoms with E-state index in [0.717, 1.165) is 5.56 Å². The van der Waals surface area contributed by atoms with E-state index in [0.29, 0.717) is 23.0 Å². The van der Waals surface area contributed by atoms with Crippen LogP contribution in [0.15, 0.2) is 47.4 Å². The first-order valence-corrected chi connectivity index (χ1v) is 8.46. The van der Waals surface area contributed by atoms with E-state index in [4.69, 9.17) is 18.0 Å². The van der Waals surface area contributed by atoms with Crippen LogP contribution in [0.2, 0.25) is 0 Å². The van der Waals surface area contributed by atoms with Gasteiger partial charge in [-0.3, -0.25) is 0 Å². The molecule has 110 valence electrons. The van der Waals surface area contributed by atoms with E-state index in [1.807, 2.05) is 12.1 Å². The summed E-state index contributed by atoms with van der Waals surface area (Å²) < 4.78 is 22.8. The third-order valence-electron chi connectivity index (χ3n) is 2.83. The molecule has 7 heteroatoms. The molecule has 0 spiro atoms. The minimum absolute atomic E-state index is 0.246. The molecule has 2 rings (SSSR count). The molecule has 0 aliphatic heterocycles. The molecule has 0 fully saturated rings. The Morgan fingerprint density at radius 2 is 1.90 bits per heavy atom. The predicted octanol–water partition coefficient (Wildman–Crippen LogP) is 1.73. The Kier molecular flexibility index (Phi) is 4.54. The Bertz CT molecular complexity index is 756. The van der Waals surface area contributed by atoms with Gasteiger partial charge in [0.1, 0.15) is 10.8 Å². The third-order valence-corrected chi connectivity index (χ3v) is 4.16. The van der Waals surface area contributed by atoms with Gasteiger partial charge in [-0.25, -0.2) is 13.4 Å². The van der Waals surface area contributed by atoms with Crippen molar-refractivity contribution in [2.24, 2.45) is 5.73 Å². The van der Waals surface area contributed by atoms with Crippen molar-refractivity contribution < 1.29 is 8.42 Å². The van der Waals surface area contributed by atoms with Crippen LogP contribution in [0, 0.1) is 0 Å². The van der Waals surface area contributed by atoms with Gasteiger partial charge in [0, 0.05) is 12.8 Å². The highest BCUT2D eigenvalue weighted by atomic mass is 32.2. The van der Waals surface area contributed by atoms with Crippen molar-refractivity contribution in [2.75, 3.05) is 11.6 Å². The van der Waals surface area contributed by atoms with Gasteiger partial charge in [0.05, 0.1) is 10.6 Å². The van der Waals surface area contributed by atoms with Crippen molar-refractivity contribution in [3.05, 3.63) is 53.7 Å². The van der Waals surface area contributed by atoms with Crippen molar-refractivity contribution in [2.45, 2.75) is 11.4 Å². The number of nitrogens with one attached hydrogen (secondary N) is 1. The maximum Gasteiger partial charge on any atom is 0.175 e. The maximum atomic E-state index is 11.4. The van der Waals surface area contributed by atoms with Gasteiger partial charge in [0.2, 0.25) is 0 Å². The fraction of sp³-hybridized carbons (Fsp3) is 0.143. The molecule has 0 radical (unpaired) electrons. The number of thiocarbonyl (C=S) groups is 1. The molecule has 0 unspecified atom stereocenters. The van der Waals surface area contributed by atoms with Gasteiger partial charge in [-0.05, 0) is 29.8 Å². The summed E-state index contributed by atoms with van der Waals surface area (Å²) in [5.41, 5.74) is 7.04. The number of pyridine rings is 1. The lowest BCUT2D eigenvalue weighted by atomic mass is 10.2. The lowest BCUT2D eigenvalue weighted by Crippen LogP contribution is -2.12. The van der Waals surface area contributed by atoms with Crippen molar-refractivity contribution in [1.82, 2.24) is 4.98 Å². The van der Waals surface area contributed by atoms with Crippen LogP contribution in [0.1, 0.15) is 11.3 Å². The van der Waals surface area contributed by atoms with E-state index < -0.39 is 9.84 Å². The fourth-order valence-corrected chi connectivity index (χ4v) is 2.46. The van der Waals surface area contributed by atoms with Crippen LogP contribution < -0.4 is 11.1 Å². The van der Waals surface area contributed by atoms with Crippen LogP contribution in [-0.4, -0.2) is 24.6 Å². The number of rotatable bonds is 5. The predicted molar refractivity (Wildman–Crippen MR) is 87.0 cm³/mol. The van der Waals surface area contributed by atoms with E-state index >= 15 is 0 Å². The molecule has 1 heterocycles. The number of hydrogen-bond donors (Lipinski definition) is 2. The van der Waals surface area contributed by atoms with Gasteiger partial charge < -0.3 is 11.1 Å². The van der Waals surface area contributed by atoms with E-state index in [-0.39, 0.29) is 4.99 Å². The van der Waals surface area contributed by atoms with Gasteiger partial charge in [0.15, 0.2) is 9.84 Å². The summed E-state index contributed by atoms with van der Waals surface area (Å²) in [6.45, 7) is 0.526. The SMILES string of the molecule is CS(=O)(=O)c1ccc(CNc2cccc(C(N)=S)n2)cc1. The first-order chi connectivity index (χ1) is 9.86. The summed E-state index contributed by atoms with van der Waals surface area (Å²) in [5, 5.41) is 3.14. The zero-order valence-electron chi connectivity index (χ0n) is 11.4. The summed E-state index contributed by atoms with van der Waals surface area (Å²) in [4.78, 5) is 4.82. The second-order valence-corrected chi connectivity index (χ2v) is 7.00. The molecule has 0 bridgehead atoms. The molecule has 0 aliphatic carbocycles. The van der Waals surface area contributed by atoms with E-state index in [1.54, 1.807) is 30.3 Å². The minimum atomic E-state index is -3.16. The van der Waals surface area contributed by atoms with Crippen LogP contribution >= 0.6 is 12.2 Å². The molecule has 0 saturated carbocycles. The quantitative estimate of drug-likeness (QED) is 0.816. The second-order valence-electron chi connectivity index (χ2n) is 4.54. The van der Waals surface area contributed by atoms with E-state index in [2.05, 4.69) is 10.3 Å². The van der Waals surface area contributed by atoms with Gasteiger partial charge in [0.25, 0.3) is 0 Å². The number of anilines is 1. The van der Waals surface area contributed by atoms with Crippen molar-refractivity contribution in [3.63, 3.8) is 0 Å². The van der Waals surface area contributed by atoms with Gasteiger partial charge in [-0.2, -0.15) is 0 Å². The molecule has 5 nitrogen and oxygen atoms in total. The number of sulfone groups is 1. The maximum absolute atomic E-state index is 11.4. The van der Waals surface area contributed by atoms with E-state index in [1.165, 1.54) is 6.26 Å². The largest absolute Gasteiger partial charge is 0.388 e. The first kappa shape index (κ1) is 15.4. The molecule has 0 amide bonds. The van der Waals surface area contributed by atoms with Crippen LogP contribution in [0.25, 0.3) is 0 Å². The summed E-state index contributed by atoms with van der Waals surface area (Å²) >= 11 is 4.88. The average molecular weight is 321 g/mol. The summed E-state index contributed by atoms with van der Waals surface area (Å²) in [5.74, 6) is 0.660. The molecule has 1 aromatic carbocycles. The second kappa shape index (κ2) is 6.19. The summed E-state index contributed by atoms with van der Waals surface area (Å²) in [7, 11) is -3.16. The highest BCUT2D eigenvalue weighted by Gasteiger charge is 2.06. The fourth-order valence-electron chi connectivity index (χ4n) is 1.72. The summed E-state index contributed by atoms with van der Waals surface area (Å²) in [6.07, 6.45) is 1.19. The molecule has 2 aromatic rings. The number of hydrogen-bond acceptors (Lipinski definition) is 5.